The van der Waals surface area contributed by atoms with Crippen molar-refractivity contribution < 1.29 is 0 Å². The summed E-state index contributed by atoms with van der Waals surface area (Å²) in [7, 11) is 0. The fourth-order valence-electron chi connectivity index (χ4n) is 2.14. The monoisotopic (exact) mass is 255 g/mol. The van der Waals surface area contributed by atoms with Crippen LogP contribution in [0.4, 0.5) is 5.82 Å². The van der Waals surface area contributed by atoms with E-state index in [0.717, 1.165) is 35.9 Å². The van der Waals surface area contributed by atoms with Crippen LogP contribution in [0.1, 0.15) is 30.3 Å². The van der Waals surface area contributed by atoms with Crippen LogP contribution >= 0.6 is 0 Å². The molecule has 0 saturated heterocycles. The second kappa shape index (κ2) is 5.83. The molecule has 0 aliphatic carbocycles. The van der Waals surface area contributed by atoms with Crippen LogP contribution in [-0.4, -0.2) is 16.5 Å². The minimum absolute atomic E-state index is 0.808. The van der Waals surface area contributed by atoms with E-state index in [1.54, 1.807) is 0 Å². The lowest BCUT2D eigenvalue weighted by atomic mass is 10.0. The van der Waals surface area contributed by atoms with Crippen molar-refractivity contribution in [3.05, 3.63) is 41.2 Å². The largest absolute Gasteiger partial charge is 0.370 e. The van der Waals surface area contributed by atoms with E-state index in [4.69, 9.17) is 0 Å². The van der Waals surface area contributed by atoms with E-state index in [2.05, 4.69) is 60.3 Å². The molecule has 0 fully saturated rings. The van der Waals surface area contributed by atoms with Crippen molar-refractivity contribution in [3.63, 3.8) is 0 Å². The van der Waals surface area contributed by atoms with Crippen molar-refractivity contribution >= 4 is 5.82 Å². The van der Waals surface area contributed by atoms with Gasteiger partial charge in [0.2, 0.25) is 0 Å². The predicted molar refractivity (Wildman–Crippen MR) is 80.5 cm³/mol. The van der Waals surface area contributed by atoms with Gasteiger partial charge in [-0.05, 0) is 32.8 Å². The molecule has 19 heavy (non-hydrogen) atoms. The molecule has 0 aliphatic heterocycles. The molecule has 2 rings (SSSR count). The molecule has 0 radical (unpaired) electrons. The number of anilines is 1. The Kier molecular flexibility index (Phi) is 4.15. The van der Waals surface area contributed by atoms with Crippen LogP contribution in [0.2, 0.25) is 0 Å². The van der Waals surface area contributed by atoms with Gasteiger partial charge in [0.25, 0.3) is 0 Å². The Labute approximate surface area is 115 Å². The molecule has 0 amide bonds. The van der Waals surface area contributed by atoms with E-state index in [9.17, 15) is 0 Å². The predicted octanol–water partition coefficient (Wildman–Crippen LogP) is 3.89. The molecule has 1 aromatic heterocycles. The highest BCUT2D eigenvalue weighted by Crippen LogP contribution is 2.28. The van der Waals surface area contributed by atoms with E-state index in [1.165, 1.54) is 11.1 Å². The first-order valence-corrected chi connectivity index (χ1v) is 6.78. The Morgan fingerprint density at radius 3 is 2.47 bits per heavy atom. The summed E-state index contributed by atoms with van der Waals surface area (Å²) in [6.07, 6.45) is 1.09. The quantitative estimate of drug-likeness (QED) is 0.900. The third-order valence-electron chi connectivity index (χ3n) is 3.20. The number of aryl methyl sites for hydroxylation is 2. The molecule has 0 aliphatic rings. The maximum atomic E-state index is 4.62. The first-order chi connectivity index (χ1) is 9.13. The smallest absolute Gasteiger partial charge is 0.133 e. The van der Waals surface area contributed by atoms with Gasteiger partial charge < -0.3 is 5.32 Å². The minimum Gasteiger partial charge on any atom is -0.370 e. The molecular formula is C16H21N3. The summed E-state index contributed by atoms with van der Waals surface area (Å²) in [6.45, 7) is 9.23. The van der Waals surface area contributed by atoms with Crippen molar-refractivity contribution in [1.82, 2.24) is 9.97 Å². The van der Waals surface area contributed by atoms with E-state index < -0.39 is 0 Å². The maximum absolute atomic E-state index is 4.62. The fourth-order valence-corrected chi connectivity index (χ4v) is 2.14. The zero-order chi connectivity index (χ0) is 13.8. The van der Waals surface area contributed by atoms with Gasteiger partial charge in [-0.1, -0.05) is 31.2 Å². The van der Waals surface area contributed by atoms with Crippen LogP contribution < -0.4 is 5.32 Å². The topological polar surface area (TPSA) is 37.8 Å². The van der Waals surface area contributed by atoms with Gasteiger partial charge in [0.15, 0.2) is 0 Å². The maximum Gasteiger partial charge on any atom is 0.133 e. The van der Waals surface area contributed by atoms with Gasteiger partial charge in [-0.2, -0.15) is 0 Å². The summed E-state index contributed by atoms with van der Waals surface area (Å²) >= 11 is 0. The molecule has 3 nitrogen and oxygen atoms in total. The average Bonchev–Trinajstić information content (AvgIpc) is 2.40. The summed E-state index contributed by atoms with van der Waals surface area (Å²) in [4.78, 5) is 9.13. The van der Waals surface area contributed by atoms with Crippen molar-refractivity contribution in [1.29, 1.82) is 0 Å². The average molecular weight is 255 g/mol. The van der Waals surface area contributed by atoms with Gasteiger partial charge in [0.05, 0.1) is 5.69 Å². The highest BCUT2D eigenvalue weighted by Gasteiger charge is 2.12. The number of rotatable bonds is 4. The number of benzene rings is 1. The van der Waals surface area contributed by atoms with Crippen LogP contribution in [0.5, 0.6) is 0 Å². The van der Waals surface area contributed by atoms with Gasteiger partial charge in [-0.15, -0.1) is 0 Å². The molecule has 2 aromatic rings. The third-order valence-corrected chi connectivity index (χ3v) is 3.20. The normalized spacial score (nSPS) is 10.5. The van der Waals surface area contributed by atoms with Gasteiger partial charge in [0, 0.05) is 17.7 Å². The molecule has 0 spiro atoms. The summed E-state index contributed by atoms with van der Waals surface area (Å²) in [5.74, 6) is 1.76. The van der Waals surface area contributed by atoms with Crippen molar-refractivity contribution in [2.24, 2.45) is 0 Å². The van der Waals surface area contributed by atoms with Crippen molar-refractivity contribution in [2.75, 3.05) is 11.9 Å². The number of hydrogen-bond donors (Lipinski definition) is 1. The van der Waals surface area contributed by atoms with E-state index in [-0.39, 0.29) is 0 Å². The molecule has 0 saturated carbocycles. The lowest BCUT2D eigenvalue weighted by molar-refractivity contribution is 0.947. The zero-order valence-electron chi connectivity index (χ0n) is 12.1. The Balaban J connectivity index is 2.52. The molecule has 1 heterocycles. The van der Waals surface area contributed by atoms with E-state index in [1.807, 2.05) is 6.92 Å². The highest BCUT2D eigenvalue weighted by molar-refractivity contribution is 5.70. The minimum atomic E-state index is 0.808. The van der Waals surface area contributed by atoms with Gasteiger partial charge >= 0.3 is 0 Å². The molecule has 100 valence electrons. The van der Waals surface area contributed by atoms with Gasteiger partial charge in [0.1, 0.15) is 11.6 Å². The molecule has 0 atom stereocenters. The van der Waals surface area contributed by atoms with Crippen molar-refractivity contribution in [3.8, 4) is 11.3 Å². The lowest BCUT2D eigenvalue weighted by Gasteiger charge is -2.14. The highest BCUT2D eigenvalue weighted by atomic mass is 15.0. The van der Waals surface area contributed by atoms with Crippen LogP contribution in [0.25, 0.3) is 11.3 Å². The molecule has 1 aromatic carbocycles. The van der Waals surface area contributed by atoms with Gasteiger partial charge in [-0.25, -0.2) is 9.97 Å². The Bertz CT molecular complexity index is 576. The third kappa shape index (κ3) is 2.92. The molecule has 0 bridgehead atoms. The summed E-state index contributed by atoms with van der Waals surface area (Å²) in [6, 6.07) is 8.34. The molecule has 1 N–H and O–H groups in total. The van der Waals surface area contributed by atoms with Crippen LogP contribution in [0.3, 0.4) is 0 Å². The number of nitrogens with one attached hydrogen (secondary N) is 1. The Morgan fingerprint density at radius 2 is 1.79 bits per heavy atom. The summed E-state index contributed by atoms with van der Waals surface area (Å²) < 4.78 is 0. The molecule has 3 heteroatoms. The Morgan fingerprint density at radius 1 is 1.05 bits per heavy atom. The fraction of sp³-hybridized carbons (Fsp3) is 0.375. The first-order valence-electron chi connectivity index (χ1n) is 6.78. The van der Waals surface area contributed by atoms with Crippen LogP contribution in [0.15, 0.2) is 24.3 Å². The Hall–Kier alpha value is -1.90. The van der Waals surface area contributed by atoms with Crippen molar-refractivity contribution in [2.45, 2.75) is 34.1 Å². The standard InChI is InChI=1S/C16H21N3/c1-5-10-17-16-12(3)15(18-13(4)19-16)14-9-7-6-8-11(14)2/h6-9H,5,10H2,1-4H3,(H,17,18,19). The number of aromatic nitrogens is 2. The number of hydrogen-bond acceptors (Lipinski definition) is 3. The SMILES string of the molecule is CCCNc1nc(C)nc(-c2ccccc2C)c1C. The van der Waals surface area contributed by atoms with Crippen LogP contribution in [-0.2, 0) is 0 Å². The number of nitrogens with zero attached hydrogens (tertiary/aromatic N) is 2. The van der Waals surface area contributed by atoms with E-state index >= 15 is 0 Å². The van der Waals surface area contributed by atoms with Crippen LogP contribution in [0, 0.1) is 20.8 Å². The lowest BCUT2D eigenvalue weighted by Crippen LogP contribution is -2.07. The summed E-state index contributed by atoms with van der Waals surface area (Å²) in [5, 5.41) is 3.38. The summed E-state index contributed by atoms with van der Waals surface area (Å²) in [5.41, 5.74) is 4.58. The zero-order valence-corrected chi connectivity index (χ0v) is 12.1. The van der Waals surface area contributed by atoms with Gasteiger partial charge in [-0.3, -0.25) is 0 Å². The molecular weight excluding hydrogens is 234 g/mol. The molecule has 0 unspecified atom stereocenters. The van der Waals surface area contributed by atoms with E-state index in [0.29, 0.717) is 0 Å². The second-order valence-electron chi connectivity index (χ2n) is 4.83. The second-order valence-corrected chi connectivity index (χ2v) is 4.83. The first kappa shape index (κ1) is 13.5.